The van der Waals surface area contributed by atoms with Crippen LogP contribution in [-0.4, -0.2) is 112 Å². The molecule has 5 aliphatic heterocycles. The van der Waals surface area contributed by atoms with E-state index in [0.29, 0.717) is 64.9 Å². The Morgan fingerprint density at radius 2 is 1.71 bits per heavy atom. The first-order valence-electron chi connectivity index (χ1n) is 20.3. The molecule has 3 aromatic rings. The van der Waals surface area contributed by atoms with Crippen molar-refractivity contribution < 1.29 is 33.1 Å². The van der Waals surface area contributed by atoms with E-state index in [4.69, 9.17) is 21.6 Å². The molecule has 304 valence electrons. The van der Waals surface area contributed by atoms with E-state index in [0.717, 1.165) is 68.5 Å². The number of hydrogen-bond donors (Lipinski definition) is 2. The fourth-order valence-corrected chi connectivity index (χ4v) is 10.6. The average Bonchev–Trinajstić information content (AvgIpc) is 3.70. The van der Waals surface area contributed by atoms with Gasteiger partial charge in [-0.1, -0.05) is 11.6 Å². The highest BCUT2D eigenvalue weighted by atomic mass is 35.5. The number of carbonyl (C=O) groups is 5. The van der Waals surface area contributed by atoms with Gasteiger partial charge in [0.15, 0.2) is 0 Å². The second kappa shape index (κ2) is 14.6. The SMILES string of the molecule is N#Cc1ccc(OC2CCC(NC(=O)c3cnc(N4CC5CC4CN5CC4[C@H]5CN(c6cc7c(cc6F)C(=O)N(C6CCC(=O)NC6=O)C7=O)C[C@@H]45)cn3)CC2)cc1Cl. The molecule has 1 aromatic heterocycles. The zero-order chi connectivity index (χ0) is 40.7. The maximum Gasteiger partial charge on any atom is 0.271 e. The van der Waals surface area contributed by atoms with Crippen LogP contribution >= 0.6 is 11.6 Å². The molecule has 7 aliphatic rings. The molecule has 10 rings (SSSR count). The standard InChI is InChI=1S/C42H41ClFN9O6/c43-32-10-26(4-1-21(32)13-45)59-25-5-2-22(3-6-25)48-39(55)34-14-47-37(15-46-34)52-17-23-9-24(52)16-50(23)18-29-30-19-51(20-31(29)30)36-12-28-27(11-33(36)44)41(57)53(42(28)58)35-7-8-38(54)49-40(35)56/h1,4,10-12,14-15,22-25,29-31,35H,2-3,5-9,16-20H2,(H,48,55)(H,49,54,56)/t22?,23?,24?,25?,29?,30-,31+,35?. The van der Waals surface area contributed by atoms with Gasteiger partial charge in [0.1, 0.15) is 35.2 Å². The minimum atomic E-state index is -1.10. The highest BCUT2D eigenvalue weighted by molar-refractivity contribution is 6.31. The molecular formula is C42H41ClFN9O6. The Labute approximate surface area is 343 Å². The predicted molar refractivity (Wildman–Crippen MR) is 209 cm³/mol. The van der Waals surface area contributed by atoms with E-state index in [-0.39, 0.29) is 47.7 Å². The number of nitrogens with zero attached hydrogens (tertiary/aromatic N) is 7. The number of imide groups is 2. The smallest absolute Gasteiger partial charge is 0.271 e. The summed E-state index contributed by atoms with van der Waals surface area (Å²) in [6.07, 6.45) is 7.45. The number of amides is 5. The molecule has 2 aliphatic carbocycles. The van der Waals surface area contributed by atoms with Crippen molar-refractivity contribution in [2.75, 3.05) is 42.5 Å². The van der Waals surface area contributed by atoms with Gasteiger partial charge in [-0.2, -0.15) is 5.26 Å². The second-order valence-electron chi connectivity index (χ2n) is 16.9. The van der Waals surface area contributed by atoms with Gasteiger partial charge in [0.25, 0.3) is 17.7 Å². The van der Waals surface area contributed by atoms with Gasteiger partial charge in [0, 0.05) is 63.3 Å². The molecule has 2 saturated carbocycles. The Kier molecular flexibility index (Phi) is 9.28. The number of hydrogen-bond acceptors (Lipinski definition) is 12. The summed E-state index contributed by atoms with van der Waals surface area (Å²) in [6.45, 7) is 4.05. The largest absolute Gasteiger partial charge is 0.490 e. The number of carbonyl (C=O) groups excluding carboxylic acids is 5. The third-order valence-corrected chi connectivity index (χ3v) is 13.9. The minimum Gasteiger partial charge on any atom is -0.490 e. The zero-order valence-corrected chi connectivity index (χ0v) is 32.7. The summed E-state index contributed by atoms with van der Waals surface area (Å²) < 4.78 is 21.6. The van der Waals surface area contributed by atoms with E-state index < -0.39 is 35.5 Å². The molecule has 5 amide bonds. The van der Waals surface area contributed by atoms with E-state index >= 15 is 4.39 Å². The summed E-state index contributed by atoms with van der Waals surface area (Å²) in [5.74, 6) is -0.584. The molecule has 17 heteroatoms. The number of piperidine rings is 2. The highest BCUT2D eigenvalue weighted by Crippen LogP contribution is 2.54. The van der Waals surface area contributed by atoms with Crippen molar-refractivity contribution in [3.63, 3.8) is 0 Å². The van der Waals surface area contributed by atoms with Crippen LogP contribution in [0.2, 0.25) is 5.02 Å². The first-order valence-corrected chi connectivity index (χ1v) is 20.7. The van der Waals surface area contributed by atoms with E-state index in [1.165, 1.54) is 6.07 Å². The lowest BCUT2D eigenvalue weighted by Crippen LogP contribution is -2.54. The van der Waals surface area contributed by atoms with Crippen molar-refractivity contribution in [1.82, 2.24) is 30.4 Å². The molecule has 2 N–H and O–H groups in total. The molecule has 6 fully saturated rings. The zero-order valence-electron chi connectivity index (χ0n) is 32.0. The third-order valence-electron chi connectivity index (χ3n) is 13.6. The lowest BCUT2D eigenvalue weighted by molar-refractivity contribution is -0.136. The predicted octanol–water partition coefficient (Wildman–Crippen LogP) is 3.31. The highest BCUT2D eigenvalue weighted by Gasteiger charge is 2.58. The molecule has 0 spiro atoms. The number of ether oxygens (including phenoxy) is 1. The van der Waals surface area contributed by atoms with Crippen LogP contribution in [0.4, 0.5) is 15.9 Å². The van der Waals surface area contributed by atoms with E-state index in [9.17, 15) is 24.0 Å². The van der Waals surface area contributed by atoms with Crippen LogP contribution in [0.1, 0.15) is 81.7 Å². The number of fused-ring (bicyclic) bond motifs is 4. The van der Waals surface area contributed by atoms with Crippen molar-refractivity contribution in [3.8, 4) is 11.8 Å². The van der Waals surface area contributed by atoms with Crippen LogP contribution in [0.3, 0.4) is 0 Å². The number of aromatic nitrogens is 2. The first-order chi connectivity index (χ1) is 28.5. The van der Waals surface area contributed by atoms with Gasteiger partial charge in [-0.15, -0.1) is 0 Å². The van der Waals surface area contributed by atoms with Gasteiger partial charge < -0.3 is 19.9 Å². The van der Waals surface area contributed by atoms with Crippen molar-refractivity contribution in [1.29, 1.82) is 5.26 Å². The van der Waals surface area contributed by atoms with Gasteiger partial charge in [0.05, 0.1) is 45.9 Å². The quantitative estimate of drug-likeness (QED) is 0.301. The van der Waals surface area contributed by atoms with Crippen LogP contribution in [0, 0.1) is 34.9 Å². The molecule has 2 aromatic carbocycles. The van der Waals surface area contributed by atoms with Crippen LogP contribution < -0.4 is 25.2 Å². The van der Waals surface area contributed by atoms with Gasteiger partial charge >= 0.3 is 0 Å². The first kappa shape index (κ1) is 37.6. The van der Waals surface area contributed by atoms with Crippen molar-refractivity contribution in [2.45, 2.75) is 75.2 Å². The number of likely N-dealkylation sites (tertiary alicyclic amines) is 1. The second-order valence-corrected chi connectivity index (χ2v) is 17.3. The molecule has 0 radical (unpaired) electrons. The summed E-state index contributed by atoms with van der Waals surface area (Å²) in [5.41, 5.74) is 1.02. The lowest BCUT2D eigenvalue weighted by atomic mass is 9.93. The minimum absolute atomic E-state index is 0.00680. The average molecular weight is 822 g/mol. The lowest BCUT2D eigenvalue weighted by Gasteiger charge is -2.35. The number of halogens is 2. The summed E-state index contributed by atoms with van der Waals surface area (Å²) in [4.78, 5) is 80.4. The fourth-order valence-electron chi connectivity index (χ4n) is 10.4. The fraction of sp³-hybridized carbons (Fsp3) is 0.476. The van der Waals surface area contributed by atoms with Crippen LogP contribution in [0.25, 0.3) is 0 Å². The number of anilines is 2. The molecule has 6 heterocycles. The van der Waals surface area contributed by atoms with Crippen LogP contribution in [0.15, 0.2) is 42.7 Å². The number of rotatable bonds is 9. The Bertz CT molecular complexity index is 2320. The molecular weight excluding hydrogens is 781 g/mol. The number of nitriles is 1. The molecule has 4 saturated heterocycles. The van der Waals surface area contributed by atoms with E-state index in [2.05, 4.69) is 30.4 Å². The normalized spacial score (nSPS) is 29.7. The third kappa shape index (κ3) is 6.73. The Hall–Kier alpha value is -5.66. The summed E-state index contributed by atoms with van der Waals surface area (Å²) >= 11 is 6.15. The number of benzene rings is 2. The maximum atomic E-state index is 15.5. The van der Waals surface area contributed by atoms with E-state index in [1.54, 1.807) is 30.6 Å². The van der Waals surface area contributed by atoms with Gasteiger partial charge in [-0.05, 0) is 80.5 Å². The van der Waals surface area contributed by atoms with Gasteiger partial charge in [-0.3, -0.25) is 39.1 Å². The van der Waals surface area contributed by atoms with Crippen molar-refractivity contribution in [3.05, 3.63) is 75.9 Å². The Morgan fingerprint density at radius 3 is 2.37 bits per heavy atom. The molecule has 2 bridgehead atoms. The maximum absolute atomic E-state index is 15.5. The summed E-state index contributed by atoms with van der Waals surface area (Å²) in [7, 11) is 0. The molecule has 59 heavy (non-hydrogen) atoms. The molecule has 15 nitrogen and oxygen atoms in total. The van der Waals surface area contributed by atoms with Crippen LogP contribution in [-0.2, 0) is 9.59 Å². The van der Waals surface area contributed by atoms with Crippen molar-refractivity contribution in [2.24, 2.45) is 17.8 Å². The summed E-state index contributed by atoms with van der Waals surface area (Å²) in [5, 5.41) is 14.7. The van der Waals surface area contributed by atoms with E-state index in [1.807, 2.05) is 11.0 Å². The van der Waals surface area contributed by atoms with Crippen molar-refractivity contribution >= 4 is 52.6 Å². The topological polar surface area (TPSA) is 181 Å². The Morgan fingerprint density at radius 1 is 0.949 bits per heavy atom. The van der Waals surface area contributed by atoms with Gasteiger partial charge in [-0.25, -0.2) is 14.4 Å². The number of nitrogens with one attached hydrogen (secondary N) is 2. The molecule has 6 atom stereocenters. The summed E-state index contributed by atoms with van der Waals surface area (Å²) in [6, 6.07) is 9.29. The van der Waals surface area contributed by atoms with Crippen LogP contribution in [0.5, 0.6) is 5.75 Å². The Balaban J connectivity index is 0.682. The number of piperazine rings is 1. The monoisotopic (exact) mass is 821 g/mol. The van der Waals surface area contributed by atoms with Gasteiger partial charge in [0.2, 0.25) is 11.8 Å². The molecule has 4 unspecified atom stereocenters.